The summed E-state index contributed by atoms with van der Waals surface area (Å²) >= 11 is 13.8. The Kier molecular flexibility index (Phi) is 11.4. The molecule has 0 bridgehead atoms. The summed E-state index contributed by atoms with van der Waals surface area (Å²) in [5.41, 5.74) is 4.06. The number of nitrogens with one attached hydrogen (secondary N) is 1. The van der Waals surface area contributed by atoms with E-state index in [0.29, 0.717) is 28.8 Å². The number of rotatable bonds is 12. The Bertz CT molecular complexity index is 1170. The molecule has 0 unspecified atom stereocenters. The van der Waals surface area contributed by atoms with E-state index in [9.17, 15) is 9.59 Å². The van der Waals surface area contributed by atoms with Crippen molar-refractivity contribution in [3.63, 3.8) is 0 Å². The minimum atomic E-state index is -0.634. The average molecular weight is 558 g/mol. The summed E-state index contributed by atoms with van der Waals surface area (Å²) in [6, 6.07) is 22.7. The minimum Gasteiger partial charge on any atom is -0.352 e. The zero-order valence-electron chi connectivity index (χ0n) is 21.5. The van der Waals surface area contributed by atoms with E-state index in [4.69, 9.17) is 23.2 Å². The van der Waals surface area contributed by atoms with Gasteiger partial charge in [-0.3, -0.25) is 9.59 Å². The molecule has 3 aromatic carbocycles. The van der Waals surface area contributed by atoms with Gasteiger partial charge in [0.25, 0.3) is 0 Å². The largest absolute Gasteiger partial charge is 0.352 e. The summed E-state index contributed by atoms with van der Waals surface area (Å²) in [4.78, 5) is 29.0. The third-order valence-electron chi connectivity index (χ3n) is 6.24. The van der Waals surface area contributed by atoms with Gasteiger partial charge in [0.15, 0.2) is 0 Å². The van der Waals surface area contributed by atoms with Gasteiger partial charge in [0.05, 0.1) is 5.75 Å². The van der Waals surface area contributed by atoms with Crippen LogP contribution >= 0.6 is 35.0 Å². The van der Waals surface area contributed by atoms with Crippen molar-refractivity contribution in [1.29, 1.82) is 0 Å². The summed E-state index contributed by atoms with van der Waals surface area (Å²) in [5.74, 6) is 0.579. The fourth-order valence-electron chi connectivity index (χ4n) is 3.86. The van der Waals surface area contributed by atoms with Crippen LogP contribution in [0.4, 0.5) is 0 Å². The first-order chi connectivity index (χ1) is 17.8. The van der Waals surface area contributed by atoms with Crippen LogP contribution in [0.5, 0.6) is 0 Å². The van der Waals surface area contributed by atoms with Crippen LogP contribution in [-0.2, 0) is 28.3 Å². The molecular weight excluding hydrogens is 523 g/mol. The number of halogens is 2. The number of aryl methyl sites for hydroxylation is 1. The van der Waals surface area contributed by atoms with Gasteiger partial charge in [-0.05, 0) is 49.1 Å². The zero-order chi connectivity index (χ0) is 26.8. The van der Waals surface area contributed by atoms with Gasteiger partial charge in [-0.15, -0.1) is 11.8 Å². The first-order valence-corrected chi connectivity index (χ1v) is 14.4. The van der Waals surface area contributed by atoms with E-state index in [1.807, 2.05) is 81.4 Å². The Morgan fingerprint density at radius 3 is 2.32 bits per heavy atom. The molecule has 0 aromatic heterocycles. The molecule has 0 saturated carbocycles. The number of hydrogen-bond donors (Lipinski definition) is 1. The lowest BCUT2D eigenvalue weighted by Crippen LogP contribution is -2.52. The van der Waals surface area contributed by atoms with Crippen molar-refractivity contribution in [3.8, 4) is 0 Å². The molecule has 37 heavy (non-hydrogen) atoms. The maximum atomic E-state index is 13.7. The fourth-order valence-corrected chi connectivity index (χ4v) is 5.32. The highest BCUT2D eigenvalue weighted by molar-refractivity contribution is 7.99. The van der Waals surface area contributed by atoms with E-state index in [2.05, 4.69) is 5.32 Å². The average Bonchev–Trinajstić information content (AvgIpc) is 2.88. The van der Waals surface area contributed by atoms with Gasteiger partial charge in [-0.1, -0.05) is 96.4 Å². The second kappa shape index (κ2) is 14.5. The smallest absolute Gasteiger partial charge is 0.243 e. The highest BCUT2D eigenvalue weighted by atomic mass is 35.5. The topological polar surface area (TPSA) is 49.4 Å². The van der Waals surface area contributed by atoms with Gasteiger partial charge in [0.2, 0.25) is 11.8 Å². The van der Waals surface area contributed by atoms with Crippen LogP contribution in [0.15, 0.2) is 72.8 Å². The van der Waals surface area contributed by atoms with Gasteiger partial charge in [-0.2, -0.15) is 0 Å². The summed E-state index contributed by atoms with van der Waals surface area (Å²) in [5, 5.41) is 4.27. The number of amides is 2. The summed E-state index contributed by atoms with van der Waals surface area (Å²) in [6.45, 7) is 6.40. The first kappa shape index (κ1) is 29.1. The molecule has 0 spiro atoms. The first-order valence-electron chi connectivity index (χ1n) is 12.5. The number of carbonyl (C=O) groups excluding carboxylic acids is 2. The summed E-state index contributed by atoms with van der Waals surface area (Å²) in [6.07, 6.45) is 1.25. The van der Waals surface area contributed by atoms with Crippen LogP contribution in [0.1, 0.15) is 42.5 Å². The van der Waals surface area contributed by atoms with Crippen molar-refractivity contribution in [2.24, 2.45) is 0 Å². The molecule has 2 atom stereocenters. The molecule has 0 heterocycles. The van der Waals surface area contributed by atoms with Crippen LogP contribution in [0.25, 0.3) is 0 Å². The molecule has 1 N–H and O–H groups in total. The molecule has 3 rings (SSSR count). The Labute approximate surface area is 234 Å². The lowest BCUT2D eigenvalue weighted by Gasteiger charge is -2.32. The van der Waals surface area contributed by atoms with E-state index in [-0.39, 0.29) is 23.6 Å². The number of benzene rings is 3. The van der Waals surface area contributed by atoms with Crippen molar-refractivity contribution in [1.82, 2.24) is 10.2 Å². The van der Waals surface area contributed by atoms with E-state index in [1.165, 1.54) is 11.8 Å². The predicted molar refractivity (Wildman–Crippen MR) is 156 cm³/mol. The molecule has 0 radical (unpaired) electrons. The van der Waals surface area contributed by atoms with Crippen molar-refractivity contribution in [2.75, 3.05) is 5.75 Å². The van der Waals surface area contributed by atoms with Crippen molar-refractivity contribution in [3.05, 3.63) is 105 Å². The van der Waals surface area contributed by atoms with Crippen molar-refractivity contribution < 1.29 is 9.59 Å². The lowest BCUT2D eigenvalue weighted by molar-refractivity contribution is -0.139. The number of carbonyl (C=O) groups is 2. The molecule has 2 amide bonds. The van der Waals surface area contributed by atoms with Crippen LogP contribution in [0.3, 0.4) is 0 Å². The predicted octanol–water partition coefficient (Wildman–Crippen LogP) is 7.09. The molecule has 4 nitrogen and oxygen atoms in total. The normalized spacial score (nSPS) is 12.6. The van der Waals surface area contributed by atoms with Crippen LogP contribution < -0.4 is 5.32 Å². The lowest BCUT2D eigenvalue weighted by atomic mass is 10.0. The molecule has 196 valence electrons. The van der Waals surface area contributed by atoms with E-state index >= 15 is 0 Å². The number of nitrogens with zero attached hydrogens (tertiary/aromatic N) is 1. The molecular formula is C30H34Cl2N2O2S. The molecule has 0 fully saturated rings. The van der Waals surface area contributed by atoms with Gasteiger partial charge in [-0.25, -0.2) is 0 Å². The maximum absolute atomic E-state index is 13.7. The highest BCUT2D eigenvalue weighted by Gasteiger charge is 2.30. The molecule has 0 aliphatic carbocycles. The standard InChI is InChI=1S/C30H34Cl2N2O2S/c1-4-22(3)33-30(36)28(16-23-8-6-5-7-9-23)34(18-24-12-10-21(2)11-13-24)29(35)20-37-19-25-14-15-26(31)17-27(25)32/h5-15,17,22,28H,4,16,18-20H2,1-3H3,(H,33,36)/t22-,28-/m0/s1. The molecule has 0 aliphatic heterocycles. The summed E-state index contributed by atoms with van der Waals surface area (Å²) < 4.78 is 0. The Morgan fingerprint density at radius 2 is 1.68 bits per heavy atom. The second-order valence-electron chi connectivity index (χ2n) is 9.26. The third-order valence-corrected chi connectivity index (χ3v) is 7.80. The zero-order valence-corrected chi connectivity index (χ0v) is 23.9. The molecule has 7 heteroatoms. The molecule has 0 saturated heterocycles. The maximum Gasteiger partial charge on any atom is 0.243 e. The SMILES string of the molecule is CC[C@H](C)NC(=O)[C@H](Cc1ccccc1)N(Cc1ccc(C)cc1)C(=O)CSCc1ccc(Cl)cc1Cl. The van der Waals surface area contributed by atoms with Gasteiger partial charge in [0.1, 0.15) is 6.04 Å². The van der Waals surface area contributed by atoms with E-state index in [1.54, 1.807) is 17.0 Å². The van der Waals surface area contributed by atoms with E-state index < -0.39 is 6.04 Å². The third kappa shape index (κ3) is 9.10. The number of thioether (sulfide) groups is 1. The van der Waals surface area contributed by atoms with Crippen LogP contribution in [0, 0.1) is 6.92 Å². The van der Waals surface area contributed by atoms with Gasteiger partial charge < -0.3 is 10.2 Å². The Morgan fingerprint density at radius 1 is 0.973 bits per heavy atom. The van der Waals surface area contributed by atoms with Crippen LogP contribution in [-0.4, -0.2) is 34.6 Å². The highest BCUT2D eigenvalue weighted by Crippen LogP contribution is 2.25. The minimum absolute atomic E-state index is 0.0171. The van der Waals surface area contributed by atoms with Crippen molar-refractivity contribution >= 4 is 46.8 Å². The van der Waals surface area contributed by atoms with Crippen molar-refractivity contribution in [2.45, 2.75) is 58.0 Å². The second-order valence-corrected chi connectivity index (χ2v) is 11.1. The van der Waals surface area contributed by atoms with Gasteiger partial charge >= 0.3 is 0 Å². The van der Waals surface area contributed by atoms with Gasteiger partial charge in [0, 0.05) is 34.8 Å². The van der Waals surface area contributed by atoms with Crippen LogP contribution in [0.2, 0.25) is 10.0 Å². The molecule has 3 aromatic rings. The monoisotopic (exact) mass is 556 g/mol. The number of hydrogen-bond acceptors (Lipinski definition) is 3. The fraction of sp³-hybridized carbons (Fsp3) is 0.333. The van der Waals surface area contributed by atoms with E-state index in [0.717, 1.165) is 28.7 Å². The Balaban J connectivity index is 1.85. The Hall–Kier alpha value is -2.47. The quantitative estimate of drug-likeness (QED) is 0.259. The summed E-state index contributed by atoms with van der Waals surface area (Å²) in [7, 11) is 0. The molecule has 0 aliphatic rings.